The smallest absolute Gasteiger partial charge is 0.256 e. The molecule has 2 atom stereocenters. The van der Waals surface area contributed by atoms with Crippen LogP contribution >= 0.6 is 22.7 Å². The zero-order valence-electron chi connectivity index (χ0n) is 12.8. The highest BCUT2D eigenvalue weighted by atomic mass is 32.1. The van der Waals surface area contributed by atoms with Gasteiger partial charge in [0.25, 0.3) is 5.91 Å². The third-order valence-electron chi connectivity index (χ3n) is 4.67. The third-order valence-corrected chi connectivity index (χ3v) is 6.92. The molecule has 2 aliphatic rings. The molecule has 22 heavy (non-hydrogen) atoms. The predicted molar refractivity (Wildman–Crippen MR) is 91.0 cm³/mol. The van der Waals surface area contributed by atoms with Crippen LogP contribution in [0.15, 0.2) is 11.4 Å². The van der Waals surface area contributed by atoms with Gasteiger partial charge in [0.1, 0.15) is 17.7 Å². The number of carbonyl (C=O) groups is 1. The number of carbonyl (C=O) groups excluding carboxylic acids is 1. The Morgan fingerprint density at radius 2 is 2.27 bits per heavy atom. The number of thiophene rings is 2. The summed E-state index contributed by atoms with van der Waals surface area (Å²) in [6.07, 6.45) is 0.928. The Kier molecular flexibility index (Phi) is 3.47. The topological polar surface area (TPSA) is 45.6 Å². The Morgan fingerprint density at radius 1 is 1.41 bits per heavy atom. The second-order valence-electron chi connectivity index (χ2n) is 6.01. The normalized spacial score (nSPS) is 23.5. The molecule has 2 aliphatic heterocycles. The minimum absolute atomic E-state index is 0.0870. The summed E-state index contributed by atoms with van der Waals surface area (Å²) in [5.74, 6) is 0.0870. The Hall–Kier alpha value is -1.37. The number of likely N-dealkylation sites (N-methyl/N-ethyl adjacent to an activating group) is 1. The van der Waals surface area contributed by atoms with E-state index >= 15 is 0 Å². The van der Waals surface area contributed by atoms with Crippen molar-refractivity contribution in [3.8, 4) is 0 Å². The molecule has 0 spiro atoms. The number of anilines is 1. The molecule has 1 unspecified atom stereocenters. The number of quaternary nitrogens is 1. The van der Waals surface area contributed by atoms with E-state index in [0.29, 0.717) is 0 Å². The van der Waals surface area contributed by atoms with Crippen LogP contribution < -0.4 is 15.5 Å². The highest BCUT2D eigenvalue weighted by Crippen LogP contribution is 2.40. The summed E-state index contributed by atoms with van der Waals surface area (Å²) in [4.78, 5) is 16.8. The van der Waals surface area contributed by atoms with E-state index in [9.17, 15) is 4.79 Å². The van der Waals surface area contributed by atoms with Crippen molar-refractivity contribution < 1.29 is 9.69 Å². The summed E-state index contributed by atoms with van der Waals surface area (Å²) in [5, 5.41) is 9.82. The second-order valence-corrected chi connectivity index (χ2v) is 8.06. The van der Waals surface area contributed by atoms with E-state index in [4.69, 9.17) is 0 Å². The lowest BCUT2D eigenvalue weighted by Crippen LogP contribution is -3.11. The van der Waals surface area contributed by atoms with E-state index in [1.54, 1.807) is 27.6 Å². The van der Waals surface area contributed by atoms with Crippen LogP contribution in [-0.2, 0) is 13.0 Å². The highest BCUT2D eigenvalue weighted by molar-refractivity contribution is 7.16. The molecule has 2 aromatic heterocycles. The van der Waals surface area contributed by atoms with Gasteiger partial charge in [-0.25, -0.2) is 0 Å². The maximum atomic E-state index is 12.6. The van der Waals surface area contributed by atoms with Crippen molar-refractivity contribution in [2.24, 2.45) is 0 Å². The molecular formula is C16H20N3OS2+. The van der Waals surface area contributed by atoms with Crippen LogP contribution in [0.4, 0.5) is 5.00 Å². The summed E-state index contributed by atoms with van der Waals surface area (Å²) in [6, 6.07) is 2.10. The minimum Gasteiger partial charge on any atom is -0.352 e. The zero-order valence-corrected chi connectivity index (χ0v) is 14.4. The van der Waals surface area contributed by atoms with Gasteiger partial charge in [-0.1, -0.05) is 0 Å². The van der Waals surface area contributed by atoms with Crippen molar-refractivity contribution in [2.45, 2.75) is 33.0 Å². The lowest BCUT2D eigenvalue weighted by atomic mass is 10.0. The van der Waals surface area contributed by atoms with Crippen LogP contribution in [0.3, 0.4) is 0 Å². The fraction of sp³-hybridized carbons (Fsp3) is 0.438. The number of fused-ring (bicyclic) bond motifs is 3. The van der Waals surface area contributed by atoms with Crippen molar-refractivity contribution in [3.05, 3.63) is 37.9 Å². The van der Waals surface area contributed by atoms with Crippen LogP contribution in [-0.4, -0.2) is 19.0 Å². The summed E-state index contributed by atoms with van der Waals surface area (Å²) in [5.41, 5.74) is 3.42. The number of hydrogen-bond donors (Lipinski definition) is 3. The van der Waals surface area contributed by atoms with Crippen molar-refractivity contribution >= 4 is 33.6 Å². The Balaban J connectivity index is 1.69. The monoisotopic (exact) mass is 334 g/mol. The van der Waals surface area contributed by atoms with E-state index in [1.807, 2.05) is 0 Å². The molecule has 0 fully saturated rings. The summed E-state index contributed by atoms with van der Waals surface area (Å²) < 4.78 is 0. The fourth-order valence-electron chi connectivity index (χ4n) is 3.36. The molecule has 116 valence electrons. The van der Waals surface area contributed by atoms with Gasteiger partial charge in [0, 0.05) is 11.3 Å². The molecule has 0 saturated carbocycles. The predicted octanol–water partition coefficient (Wildman–Crippen LogP) is 1.93. The molecule has 0 saturated heterocycles. The van der Waals surface area contributed by atoms with Crippen molar-refractivity contribution in [3.63, 3.8) is 0 Å². The van der Waals surface area contributed by atoms with Crippen LogP contribution in [0.5, 0.6) is 0 Å². The first-order chi connectivity index (χ1) is 10.7. The second kappa shape index (κ2) is 5.37. The third kappa shape index (κ3) is 2.17. The molecule has 0 aromatic carbocycles. The van der Waals surface area contributed by atoms with Gasteiger partial charge in [0.05, 0.1) is 23.5 Å². The van der Waals surface area contributed by atoms with Gasteiger partial charge in [0.2, 0.25) is 0 Å². The van der Waals surface area contributed by atoms with Gasteiger partial charge in [0.15, 0.2) is 0 Å². The van der Waals surface area contributed by atoms with Crippen LogP contribution in [0, 0.1) is 6.92 Å². The molecule has 2 aromatic rings. The molecule has 0 radical (unpaired) electrons. The summed E-state index contributed by atoms with van der Waals surface area (Å²) in [6.45, 7) is 7.67. The van der Waals surface area contributed by atoms with E-state index in [0.717, 1.165) is 36.6 Å². The molecule has 4 nitrogen and oxygen atoms in total. The first-order valence-electron chi connectivity index (χ1n) is 7.77. The van der Waals surface area contributed by atoms with Crippen molar-refractivity contribution in [1.82, 2.24) is 5.32 Å². The van der Waals surface area contributed by atoms with Gasteiger partial charge in [-0.3, -0.25) is 4.79 Å². The Bertz CT molecular complexity index is 734. The Morgan fingerprint density at radius 3 is 3.00 bits per heavy atom. The summed E-state index contributed by atoms with van der Waals surface area (Å²) >= 11 is 3.47. The number of amides is 1. The molecule has 0 aliphatic carbocycles. The molecule has 6 heteroatoms. The maximum Gasteiger partial charge on any atom is 0.256 e. The standard InChI is InChI=1S/C16H19N3OS2/c1-3-19-6-4-10-11(8-19)22-16-12(10)15(20)17-14(18-16)13-9(2)5-7-21-13/h5,7,14,18H,3-4,6,8H2,1-2H3,(H,17,20)/p+1/t14-/m0/s1. The van der Waals surface area contributed by atoms with E-state index < -0.39 is 0 Å². The molecule has 4 rings (SSSR count). The number of aryl methyl sites for hydroxylation is 1. The van der Waals surface area contributed by atoms with E-state index in [2.05, 4.69) is 35.9 Å². The van der Waals surface area contributed by atoms with Crippen LogP contribution in [0.25, 0.3) is 0 Å². The van der Waals surface area contributed by atoms with Gasteiger partial charge in [-0.05, 0) is 36.4 Å². The molecular weight excluding hydrogens is 314 g/mol. The number of hydrogen-bond acceptors (Lipinski definition) is 4. The van der Waals surface area contributed by atoms with Crippen LogP contribution in [0.1, 0.15) is 44.3 Å². The van der Waals surface area contributed by atoms with Gasteiger partial charge in [-0.15, -0.1) is 22.7 Å². The minimum atomic E-state index is -0.0882. The average molecular weight is 334 g/mol. The van der Waals surface area contributed by atoms with Crippen molar-refractivity contribution in [1.29, 1.82) is 0 Å². The molecule has 3 N–H and O–H groups in total. The molecule has 4 heterocycles. The van der Waals surface area contributed by atoms with Gasteiger partial charge in [-0.2, -0.15) is 0 Å². The fourth-order valence-corrected chi connectivity index (χ4v) is 5.63. The van der Waals surface area contributed by atoms with E-state index in [-0.39, 0.29) is 12.1 Å². The largest absolute Gasteiger partial charge is 0.352 e. The number of rotatable bonds is 2. The lowest BCUT2D eigenvalue weighted by Gasteiger charge is -2.27. The SMILES string of the molecule is CC[NH+]1CCc2c(sc3c2C(=O)N[C@H](c2sccc2C)N3)C1. The summed E-state index contributed by atoms with van der Waals surface area (Å²) in [7, 11) is 0. The van der Waals surface area contributed by atoms with Crippen molar-refractivity contribution in [2.75, 3.05) is 18.4 Å². The van der Waals surface area contributed by atoms with E-state index in [1.165, 1.54) is 20.9 Å². The van der Waals surface area contributed by atoms with Gasteiger partial charge >= 0.3 is 0 Å². The average Bonchev–Trinajstić information content (AvgIpc) is 3.09. The molecule has 0 bridgehead atoms. The first kappa shape index (κ1) is 14.2. The maximum absolute atomic E-state index is 12.6. The number of nitrogens with one attached hydrogen (secondary N) is 3. The lowest BCUT2D eigenvalue weighted by molar-refractivity contribution is -0.913. The molecule has 1 amide bonds. The highest BCUT2D eigenvalue weighted by Gasteiger charge is 2.34. The Labute approximate surface area is 138 Å². The zero-order chi connectivity index (χ0) is 15.3. The van der Waals surface area contributed by atoms with Crippen LogP contribution in [0.2, 0.25) is 0 Å². The first-order valence-corrected chi connectivity index (χ1v) is 9.46. The van der Waals surface area contributed by atoms with Gasteiger partial charge < -0.3 is 15.5 Å². The quantitative estimate of drug-likeness (QED) is 0.786.